The van der Waals surface area contributed by atoms with Crippen LogP contribution in [-0.4, -0.2) is 26.6 Å². The fourth-order valence-corrected chi connectivity index (χ4v) is 3.93. The lowest BCUT2D eigenvalue weighted by molar-refractivity contribution is 0.0926. The number of carbonyl (C=O) groups excluding carboxylic acids is 2. The highest BCUT2D eigenvalue weighted by Gasteiger charge is 2.40. The Morgan fingerprint density at radius 1 is 0.800 bits per heavy atom. The Morgan fingerprint density at radius 3 is 2.20 bits per heavy atom. The molecule has 0 saturated carbocycles. The molecule has 0 bridgehead atoms. The molecule has 6 nitrogen and oxygen atoms in total. The zero-order chi connectivity index (χ0) is 21.2. The predicted octanol–water partition coefficient (Wildman–Crippen LogP) is 4.45. The molecule has 2 aromatic carbocycles. The third-order valence-corrected chi connectivity index (χ3v) is 5.75. The zero-order valence-corrected chi connectivity index (χ0v) is 17.2. The Morgan fingerprint density at radius 2 is 1.50 bits per heavy atom. The van der Waals surface area contributed by atoms with Crippen LogP contribution in [0, 0.1) is 27.7 Å². The van der Waals surface area contributed by atoms with Gasteiger partial charge in [-0.25, -0.2) is 14.6 Å². The lowest BCUT2D eigenvalue weighted by atomic mass is 10.1. The number of imide groups is 1. The molecule has 0 radical (unpaired) electrons. The van der Waals surface area contributed by atoms with Crippen LogP contribution in [0.5, 0.6) is 0 Å². The number of nitrogens with zero attached hydrogens (tertiary/aromatic N) is 4. The van der Waals surface area contributed by atoms with E-state index < -0.39 is 0 Å². The zero-order valence-electron chi connectivity index (χ0n) is 17.2. The van der Waals surface area contributed by atoms with Crippen molar-refractivity contribution in [2.45, 2.75) is 27.7 Å². The Labute approximate surface area is 173 Å². The molecule has 0 spiro atoms. The lowest BCUT2D eigenvalue weighted by Gasteiger charge is -2.13. The van der Waals surface area contributed by atoms with E-state index in [9.17, 15) is 9.59 Å². The van der Waals surface area contributed by atoms with Gasteiger partial charge in [0.05, 0.1) is 33.6 Å². The van der Waals surface area contributed by atoms with Gasteiger partial charge in [0.1, 0.15) is 0 Å². The second-order valence-electron chi connectivity index (χ2n) is 7.79. The van der Waals surface area contributed by atoms with Crippen molar-refractivity contribution in [2.75, 3.05) is 4.90 Å². The van der Waals surface area contributed by atoms with Crippen LogP contribution in [0.25, 0.3) is 16.7 Å². The number of pyridine rings is 1. The summed E-state index contributed by atoms with van der Waals surface area (Å²) in [6.07, 6.45) is 1.49. The van der Waals surface area contributed by atoms with Crippen molar-refractivity contribution < 1.29 is 9.59 Å². The van der Waals surface area contributed by atoms with E-state index in [1.165, 1.54) is 16.7 Å². The van der Waals surface area contributed by atoms with Crippen LogP contribution in [0.4, 0.5) is 5.69 Å². The number of hydrogen-bond donors (Lipinski definition) is 0. The summed E-state index contributed by atoms with van der Waals surface area (Å²) in [7, 11) is 0. The molecule has 148 valence electrons. The second kappa shape index (κ2) is 6.35. The van der Waals surface area contributed by atoms with E-state index >= 15 is 0 Å². The minimum atomic E-state index is -0.355. The number of rotatable bonds is 2. The largest absolute Gasteiger partial charge is 0.268 e. The van der Waals surface area contributed by atoms with Crippen LogP contribution in [-0.2, 0) is 0 Å². The van der Waals surface area contributed by atoms with Gasteiger partial charge >= 0.3 is 0 Å². The monoisotopic (exact) mass is 396 g/mol. The standard InChI is InChI=1S/C24H20N4O2/c1-13-5-8-17(9-6-13)27-23(29)19-12-25-22-20(21(19)24(27)30)16(4)26-28(22)18-10-7-14(2)15(3)11-18/h5-12H,1-4H3. The van der Waals surface area contributed by atoms with Gasteiger partial charge in [0, 0.05) is 6.20 Å². The van der Waals surface area contributed by atoms with Crippen LogP contribution < -0.4 is 4.90 Å². The first-order chi connectivity index (χ1) is 14.4. The molecule has 6 heteroatoms. The Hall–Kier alpha value is -3.80. The van der Waals surface area contributed by atoms with Gasteiger partial charge in [-0.15, -0.1) is 0 Å². The number of anilines is 1. The second-order valence-corrected chi connectivity index (χ2v) is 7.79. The van der Waals surface area contributed by atoms with E-state index in [-0.39, 0.29) is 11.8 Å². The summed E-state index contributed by atoms with van der Waals surface area (Å²) < 4.78 is 1.74. The van der Waals surface area contributed by atoms with E-state index in [0.717, 1.165) is 16.8 Å². The highest BCUT2D eigenvalue weighted by molar-refractivity contribution is 6.37. The molecule has 2 amide bonds. The number of aryl methyl sites for hydroxylation is 4. The van der Waals surface area contributed by atoms with Crippen molar-refractivity contribution in [2.24, 2.45) is 0 Å². The Kier molecular flexibility index (Phi) is 3.86. The number of fused-ring (bicyclic) bond motifs is 3. The summed E-state index contributed by atoms with van der Waals surface area (Å²) in [4.78, 5) is 32.1. The first-order valence-corrected chi connectivity index (χ1v) is 9.78. The van der Waals surface area contributed by atoms with E-state index in [2.05, 4.69) is 17.0 Å². The average molecular weight is 396 g/mol. The van der Waals surface area contributed by atoms with Crippen molar-refractivity contribution in [3.63, 3.8) is 0 Å². The molecule has 0 unspecified atom stereocenters. The highest BCUT2D eigenvalue weighted by Crippen LogP contribution is 2.34. The molecule has 0 fully saturated rings. The van der Waals surface area contributed by atoms with Gasteiger partial charge in [0.15, 0.2) is 5.65 Å². The summed E-state index contributed by atoms with van der Waals surface area (Å²) in [5.41, 5.74) is 6.75. The smallest absolute Gasteiger partial charge is 0.267 e. The molecule has 1 aliphatic rings. The normalized spacial score (nSPS) is 13.4. The van der Waals surface area contributed by atoms with Gasteiger partial charge in [-0.05, 0) is 63.1 Å². The van der Waals surface area contributed by atoms with E-state index in [0.29, 0.717) is 33.5 Å². The van der Waals surface area contributed by atoms with Crippen molar-refractivity contribution in [1.82, 2.24) is 14.8 Å². The molecule has 4 aromatic rings. The van der Waals surface area contributed by atoms with Crippen LogP contribution in [0.2, 0.25) is 0 Å². The molecular formula is C24H20N4O2. The maximum Gasteiger partial charge on any atom is 0.267 e. The van der Waals surface area contributed by atoms with E-state index in [1.54, 1.807) is 16.8 Å². The summed E-state index contributed by atoms with van der Waals surface area (Å²) >= 11 is 0. The minimum Gasteiger partial charge on any atom is -0.268 e. The van der Waals surface area contributed by atoms with Crippen molar-refractivity contribution in [3.8, 4) is 5.69 Å². The third-order valence-electron chi connectivity index (χ3n) is 5.75. The van der Waals surface area contributed by atoms with Crippen LogP contribution in [0.3, 0.4) is 0 Å². The fourth-order valence-electron chi connectivity index (χ4n) is 3.93. The molecule has 0 atom stereocenters. The molecule has 5 rings (SSSR count). The first-order valence-electron chi connectivity index (χ1n) is 9.78. The number of carbonyl (C=O) groups is 2. The minimum absolute atomic E-state index is 0.316. The molecule has 0 saturated heterocycles. The number of amides is 2. The topological polar surface area (TPSA) is 68.1 Å². The number of benzene rings is 2. The maximum atomic E-state index is 13.3. The fraction of sp³-hybridized carbons (Fsp3) is 0.167. The SMILES string of the molecule is Cc1ccc(N2C(=O)c3cnc4c(c(C)nn4-c4ccc(C)c(C)c4)c3C2=O)cc1. The van der Waals surface area contributed by atoms with E-state index in [4.69, 9.17) is 0 Å². The van der Waals surface area contributed by atoms with Gasteiger partial charge < -0.3 is 0 Å². The summed E-state index contributed by atoms with van der Waals surface area (Å²) in [5, 5.41) is 5.27. The average Bonchev–Trinajstić information content (AvgIpc) is 3.19. The van der Waals surface area contributed by atoms with Crippen molar-refractivity contribution in [1.29, 1.82) is 0 Å². The van der Waals surface area contributed by atoms with Crippen LogP contribution >= 0.6 is 0 Å². The summed E-state index contributed by atoms with van der Waals surface area (Å²) in [5.74, 6) is -0.694. The maximum absolute atomic E-state index is 13.3. The highest BCUT2D eigenvalue weighted by atomic mass is 16.2. The summed E-state index contributed by atoms with van der Waals surface area (Å²) in [6, 6.07) is 13.4. The first kappa shape index (κ1) is 18.2. The molecule has 0 aliphatic carbocycles. The van der Waals surface area contributed by atoms with Gasteiger partial charge in [0.25, 0.3) is 11.8 Å². The predicted molar refractivity (Wildman–Crippen MR) is 115 cm³/mol. The van der Waals surface area contributed by atoms with Gasteiger partial charge in [-0.2, -0.15) is 5.10 Å². The van der Waals surface area contributed by atoms with E-state index in [1.807, 2.05) is 51.1 Å². The Bertz CT molecular complexity index is 1370. The third kappa shape index (κ3) is 2.50. The molecular weight excluding hydrogens is 376 g/mol. The van der Waals surface area contributed by atoms with Gasteiger partial charge in [-0.3, -0.25) is 9.59 Å². The van der Waals surface area contributed by atoms with Crippen molar-refractivity contribution in [3.05, 3.63) is 82.2 Å². The quantitative estimate of drug-likeness (QED) is 0.469. The lowest BCUT2D eigenvalue weighted by Crippen LogP contribution is -2.29. The van der Waals surface area contributed by atoms with Crippen LogP contribution in [0.1, 0.15) is 43.1 Å². The molecule has 0 N–H and O–H groups in total. The molecule has 1 aliphatic heterocycles. The van der Waals surface area contributed by atoms with Crippen molar-refractivity contribution >= 4 is 28.5 Å². The molecule has 3 heterocycles. The Balaban J connectivity index is 1.70. The van der Waals surface area contributed by atoms with Gasteiger partial charge in [0.2, 0.25) is 0 Å². The molecule has 2 aromatic heterocycles. The number of aromatic nitrogens is 3. The molecule has 30 heavy (non-hydrogen) atoms. The summed E-state index contributed by atoms with van der Waals surface area (Å²) in [6.45, 7) is 7.91. The number of hydrogen-bond acceptors (Lipinski definition) is 4. The van der Waals surface area contributed by atoms with Gasteiger partial charge in [-0.1, -0.05) is 23.8 Å². The van der Waals surface area contributed by atoms with Crippen LogP contribution in [0.15, 0.2) is 48.7 Å².